The largest absolute Gasteiger partial charge is 0.352 e. The third-order valence-electron chi connectivity index (χ3n) is 4.15. The Morgan fingerprint density at radius 3 is 2.72 bits per heavy atom. The Morgan fingerprint density at radius 1 is 1.40 bits per heavy atom. The highest BCUT2D eigenvalue weighted by Crippen LogP contribution is 2.31. The fourth-order valence-corrected chi connectivity index (χ4v) is 2.82. The van der Waals surface area contributed by atoms with Gasteiger partial charge in [-0.1, -0.05) is 36.7 Å². The summed E-state index contributed by atoms with van der Waals surface area (Å²) >= 11 is 6.24. The van der Waals surface area contributed by atoms with Gasteiger partial charge in [-0.2, -0.15) is 5.10 Å². The molecule has 0 aliphatic carbocycles. The minimum absolute atomic E-state index is 0.132. The molecular formula is C18H20ClN3O3. The molecular weight excluding hydrogens is 342 g/mol. The second kappa shape index (κ2) is 7.47. The summed E-state index contributed by atoms with van der Waals surface area (Å²) in [6.45, 7) is 4.39. The normalized spacial score (nSPS) is 24.3. The van der Waals surface area contributed by atoms with Gasteiger partial charge in [0.2, 0.25) is 0 Å². The number of aromatic nitrogens is 3. The highest BCUT2D eigenvalue weighted by Gasteiger charge is 2.41. The Bertz CT molecular complexity index is 766. The Labute approximate surface area is 151 Å². The van der Waals surface area contributed by atoms with E-state index in [1.807, 2.05) is 32.0 Å². The molecule has 0 N–H and O–H groups in total. The van der Waals surface area contributed by atoms with Crippen molar-refractivity contribution in [3.63, 3.8) is 0 Å². The van der Waals surface area contributed by atoms with E-state index >= 15 is 0 Å². The van der Waals surface area contributed by atoms with Gasteiger partial charge in [-0.25, -0.2) is 9.67 Å². The van der Waals surface area contributed by atoms with Gasteiger partial charge in [0, 0.05) is 5.02 Å². The van der Waals surface area contributed by atoms with E-state index in [1.165, 1.54) is 17.3 Å². The first-order valence-electron chi connectivity index (χ1n) is 8.13. The number of ketones is 1. The van der Waals surface area contributed by atoms with Crippen LogP contribution < -0.4 is 0 Å². The quantitative estimate of drug-likeness (QED) is 0.764. The van der Waals surface area contributed by atoms with Crippen molar-refractivity contribution < 1.29 is 14.3 Å². The summed E-state index contributed by atoms with van der Waals surface area (Å²) in [7, 11) is 0. The van der Waals surface area contributed by atoms with E-state index in [4.69, 9.17) is 21.1 Å². The minimum Gasteiger partial charge on any atom is -0.352 e. The van der Waals surface area contributed by atoms with Crippen LogP contribution in [0.5, 0.6) is 0 Å². The summed E-state index contributed by atoms with van der Waals surface area (Å²) < 4.78 is 12.8. The predicted octanol–water partition coefficient (Wildman–Crippen LogP) is 3.29. The van der Waals surface area contributed by atoms with Crippen molar-refractivity contribution in [2.24, 2.45) is 5.41 Å². The molecule has 0 unspecified atom stereocenters. The topological polar surface area (TPSA) is 66.2 Å². The van der Waals surface area contributed by atoms with E-state index in [2.05, 4.69) is 10.1 Å². The molecule has 1 aliphatic rings. The number of hydrogen-bond acceptors (Lipinski definition) is 5. The molecule has 25 heavy (non-hydrogen) atoms. The van der Waals surface area contributed by atoms with Crippen LogP contribution in [0, 0.1) is 5.41 Å². The lowest BCUT2D eigenvalue weighted by molar-refractivity contribution is -0.221. The molecule has 0 bridgehead atoms. The molecule has 1 aliphatic heterocycles. The van der Waals surface area contributed by atoms with Crippen LogP contribution in [0.15, 0.2) is 36.9 Å². The lowest BCUT2D eigenvalue weighted by Crippen LogP contribution is -2.45. The SMILES string of the molecule is CCC1OCC(C)(C(=O)C(=Cc2ccccc2Cl)n2cncn2)CO1. The minimum atomic E-state index is -0.801. The van der Waals surface area contributed by atoms with E-state index in [1.54, 1.807) is 12.1 Å². The lowest BCUT2D eigenvalue weighted by atomic mass is 9.84. The Hall–Kier alpha value is -2.02. The van der Waals surface area contributed by atoms with Gasteiger partial charge in [0.05, 0.1) is 18.6 Å². The van der Waals surface area contributed by atoms with Crippen LogP contribution in [-0.2, 0) is 14.3 Å². The Kier molecular flexibility index (Phi) is 5.32. The van der Waals surface area contributed by atoms with Crippen molar-refractivity contribution in [3.05, 3.63) is 47.5 Å². The third kappa shape index (κ3) is 3.81. The smallest absolute Gasteiger partial charge is 0.191 e. The van der Waals surface area contributed by atoms with Crippen molar-refractivity contribution in [1.29, 1.82) is 0 Å². The first kappa shape index (κ1) is 17.8. The number of rotatable bonds is 5. The number of ether oxygens (including phenoxy) is 2. The lowest BCUT2D eigenvalue weighted by Gasteiger charge is -2.36. The van der Waals surface area contributed by atoms with Crippen LogP contribution in [0.4, 0.5) is 0 Å². The van der Waals surface area contributed by atoms with Crippen LogP contribution in [0.2, 0.25) is 5.02 Å². The fraction of sp³-hybridized carbons (Fsp3) is 0.389. The molecule has 2 aromatic rings. The van der Waals surface area contributed by atoms with Gasteiger partial charge < -0.3 is 9.47 Å². The molecule has 1 aromatic heterocycles. The van der Waals surface area contributed by atoms with Gasteiger partial charge in [0.1, 0.15) is 18.4 Å². The zero-order valence-electron chi connectivity index (χ0n) is 14.2. The molecule has 0 amide bonds. The van der Waals surface area contributed by atoms with E-state index < -0.39 is 5.41 Å². The summed E-state index contributed by atoms with van der Waals surface area (Å²) in [6, 6.07) is 7.32. The first-order chi connectivity index (χ1) is 12.0. The summed E-state index contributed by atoms with van der Waals surface area (Å²) in [6.07, 6.45) is 5.08. The van der Waals surface area contributed by atoms with Crippen LogP contribution in [0.3, 0.4) is 0 Å². The van der Waals surface area contributed by atoms with Crippen LogP contribution in [0.25, 0.3) is 11.8 Å². The third-order valence-corrected chi connectivity index (χ3v) is 4.50. The molecule has 0 radical (unpaired) electrons. The van der Waals surface area contributed by atoms with E-state index in [9.17, 15) is 4.79 Å². The van der Waals surface area contributed by atoms with Gasteiger partial charge in [-0.3, -0.25) is 4.79 Å². The van der Waals surface area contributed by atoms with Crippen LogP contribution >= 0.6 is 11.6 Å². The zero-order chi connectivity index (χ0) is 17.9. The molecule has 1 aromatic carbocycles. The summed E-state index contributed by atoms with van der Waals surface area (Å²) in [5.74, 6) is -0.132. The van der Waals surface area contributed by atoms with Crippen LogP contribution in [0.1, 0.15) is 25.8 Å². The number of allylic oxidation sites excluding steroid dienone is 1. The summed E-state index contributed by atoms with van der Waals surface area (Å²) in [5.41, 5.74) is 0.302. The second-order valence-electron chi connectivity index (χ2n) is 6.24. The number of carbonyl (C=O) groups is 1. The average Bonchev–Trinajstić information content (AvgIpc) is 3.15. The van der Waals surface area contributed by atoms with E-state index in [-0.39, 0.29) is 12.1 Å². The highest BCUT2D eigenvalue weighted by atomic mass is 35.5. The maximum atomic E-state index is 13.3. The van der Waals surface area contributed by atoms with Crippen molar-refractivity contribution >= 4 is 29.2 Å². The fourth-order valence-electron chi connectivity index (χ4n) is 2.63. The monoisotopic (exact) mass is 361 g/mol. The first-order valence-corrected chi connectivity index (χ1v) is 8.50. The van der Waals surface area contributed by atoms with Gasteiger partial charge in [0.25, 0.3) is 0 Å². The molecule has 3 rings (SSSR count). The molecule has 7 heteroatoms. The number of Topliss-reactive ketones (excluding diaryl/α,β-unsaturated/α-hetero) is 1. The summed E-state index contributed by atoms with van der Waals surface area (Å²) in [5, 5.41) is 4.67. The Morgan fingerprint density at radius 2 is 2.12 bits per heavy atom. The molecule has 2 heterocycles. The predicted molar refractivity (Wildman–Crippen MR) is 94.7 cm³/mol. The molecule has 0 spiro atoms. The van der Waals surface area contributed by atoms with Crippen molar-refractivity contribution in [3.8, 4) is 0 Å². The van der Waals surface area contributed by atoms with Gasteiger partial charge in [0.15, 0.2) is 12.1 Å². The van der Waals surface area contributed by atoms with Crippen molar-refractivity contribution in [2.45, 2.75) is 26.6 Å². The average molecular weight is 362 g/mol. The van der Waals surface area contributed by atoms with Crippen LogP contribution in [-0.4, -0.2) is 40.1 Å². The van der Waals surface area contributed by atoms with Crippen molar-refractivity contribution in [1.82, 2.24) is 14.8 Å². The van der Waals surface area contributed by atoms with Gasteiger partial charge >= 0.3 is 0 Å². The van der Waals surface area contributed by atoms with Gasteiger partial charge in [-0.15, -0.1) is 0 Å². The summed E-state index contributed by atoms with van der Waals surface area (Å²) in [4.78, 5) is 17.2. The van der Waals surface area contributed by atoms with Crippen molar-refractivity contribution in [2.75, 3.05) is 13.2 Å². The number of nitrogens with zero attached hydrogens (tertiary/aromatic N) is 3. The maximum Gasteiger partial charge on any atom is 0.191 e. The number of carbonyl (C=O) groups excluding carboxylic acids is 1. The molecule has 132 valence electrons. The van der Waals surface area contributed by atoms with E-state index in [0.29, 0.717) is 23.9 Å². The molecule has 0 saturated carbocycles. The Balaban J connectivity index is 1.96. The standard InChI is InChI=1S/C18H20ClN3O3/c1-3-16-24-9-18(2,10-25-16)17(23)15(22-12-20-11-21-22)8-13-6-4-5-7-14(13)19/h4-8,11-12,16H,3,9-10H2,1-2H3. The molecule has 0 atom stereocenters. The molecule has 1 fully saturated rings. The maximum absolute atomic E-state index is 13.3. The number of halogens is 1. The second-order valence-corrected chi connectivity index (χ2v) is 6.65. The molecule has 6 nitrogen and oxygen atoms in total. The van der Waals surface area contributed by atoms with E-state index in [0.717, 1.165) is 12.0 Å². The van der Waals surface area contributed by atoms with Gasteiger partial charge in [-0.05, 0) is 31.1 Å². The number of hydrogen-bond donors (Lipinski definition) is 0. The zero-order valence-corrected chi connectivity index (χ0v) is 14.9. The molecule has 1 saturated heterocycles. The highest BCUT2D eigenvalue weighted by molar-refractivity contribution is 6.33. The number of benzene rings is 1.